The Labute approximate surface area is 151 Å². The lowest BCUT2D eigenvalue weighted by atomic mass is 9.96. The Bertz CT molecular complexity index is 697. The lowest BCUT2D eigenvalue weighted by Crippen LogP contribution is -2.35. The molecular formula is C19H24F3N3O. The Hall–Kier alpha value is -1.86. The molecule has 0 bridgehead atoms. The van der Waals surface area contributed by atoms with Crippen molar-refractivity contribution in [2.45, 2.75) is 38.0 Å². The standard InChI is InChI=1S/C19H24F3N3O/c1-26-12-11-25-10-8-23-18(25)16-3-2-9-24(14-16)13-15-4-6-17(7-5-15)19(20,21)22/h4-8,10,16H,2-3,9,11-14H2,1H3/t16-/m0/s1. The number of ether oxygens (including phenoxy) is 1. The minimum Gasteiger partial charge on any atom is -0.383 e. The number of rotatable bonds is 6. The molecule has 2 heterocycles. The van der Waals surface area contributed by atoms with Gasteiger partial charge in [0.15, 0.2) is 0 Å². The number of methoxy groups -OCH3 is 1. The summed E-state index contributed by atoms with van der Waals surface area (Å²) in [7, 11) is 1.68. The van der Waals surface area contributed by atoms with Crippen molar-refractivity contribution in [1.29, 1.82) is 0 Å². The number of alkyl halides is 3. The first-order valence-electron chi connectivity index (χ1n) is 8.86. The molecule has 1 saturated heterocycles. The van der Waals surface area contributed by atoms with Crippen LogP contribution in [0, 0.1) is 0 Å². The van der Waals surface area contributed by atoms with Gasteiger partial charge in [-0.1, -0.05) is 12.1 Å². The molecule has 1 atom stereocenters. The predicted molar refractivity (Wildman–Crippen MR) is 92.8 cm³/mol. The number of hydrogen-bond acceptors (Lipinski definition) is 3. The van der Waals surface area contributed by atoms with Crippen molar-refractivity contribution in [2.75, 3.05) is 26.8 Å². The Balaban J connectivity index is 1.63. The van der Waals surface area contributed by atoms with Crippen LogP contribution in [0.5, 0.6) is 0 Å². The third kappa shape index (κ3) is 4.65. The van der Waals surface area contributed by atoms with Gasteiger partial charge in [-0.2, -0.15) is 13.2 Å². The smallest absolute Gasteiger partial charge is 0.383 e. The number of benzene rings is 1. The van der Waals surface area contributed by atoms with Crippen LogP contribution < -0.4 is 0 Å². The van der Waals surface area contributed by atoms with Gasteiger partial charge in [-0.05, 0) is 37.1 Å². The average molecular weight is 367 g/mol. The molecule has 142 valence electrons. The first-order chi connectivity index (χ1) is 12.5. The van der Waals surface area contributed by atoms with Crippen molar-refractivity contribution in [1.82, 2.24) is 14.5 Å². The molecule has 1 aliphatic heterocycles. The van der Waals surface area contributed by atoms with Gasteiger partial charge < -0.3 is 9.30 Å². The topological polar surface area (TPSA) is 30.3 Å². The fraction of sp³-hybridized carbons (Fsp3) is 0.526. The number of aromatic nitrogens is 2. The summed E-state index contributed by atoms with van der Waals surface area (Å²) in [5.41, 5.74) is 0.305. The number of piperidine rings is 1. The van der Waals surface area contributed by atoms with Crippen molar-refractivity contribution in [3.8, 4) is 0 Å². The van der Waals surface area contributed by atoms with Crippen LogP contribution in [0.2, 0.25) is 0 Å². The SMILES string of the molecule is COCCn1ccnc1[C@H]1CCCN(Cc2ccc(C(F)(F)F)cc2)C1. The molecule has 7 heteroatoms. The van der Waals surface area contributed by atoms with E-state index >= 15 is 0 Å². The van der Waals surface area contributed by atoms with Gasteiger partial charge in [-0.3, -0.25) is 4.90 Å². The Kier molecular flexibility index (Phi) is 5.98. The molecule has 0 spiro atoms. The summed E-state index contributed by atoms with van der Waals surface area (Å²) in [6.07, 6.45) is 1.65. The number of halogens is 3. The predicted octanol–water partition coefficient (Wildman–Crippen LogP) is 3.93. The van der Waals surface area contributed by atoms with Crippen molar-refractivity contribution in [3.05, 3.63) is 53.6 Å². The molecule has 0 unspecified atom stereocenters. The summed E-state index contributed by atoms with van der Waals surface area (Å²) in [5.74, 6) is 1.41. The fourth-order valence-corrected chi connectivity index (χ4v) is 3.53. The monoisotopic (exact) mass is 367 g/mol. The van der Waals surface area contributed by atoms with Gasteiger partial charge in [0, 0.05) is 45.1 Å². The summed E-state index contributed by atoms with van der Waals surface area (Å²) in [4.78, 5) is 6.83. The van der Waals surface area contributed by atoms with E-state index in [-0.39, 0.29) is 0 Å². The molecule has 0 amide bonds. The largest absolute Gasteiger partial charge is 0.416 e. The highest BCUT2D eigenvalue weighted by molar-refractivity contribution is 5.24. The second-order valence-corrected chi connectivity index (χ2v) is 6.74. The van der Waals surface area contributed by atoms with E-state index in [2.05, 4.69) is 14.5 Å². The van der Waals surface area contributed by atoms with Gasteiger partial charge in [0.25, 0.3) is 0 Å². The lowest BCUT2D eigenvalue weighted by Gasteiger charge is -2.32. The molecule has 0 saturated carbocycles. The van der Waals surface area contributed by atoms with Crippen molar-refractivity contribution in [2.24, 2.45) is 0 Å². The van der Waals surface area contributed by atoms with Crippen LogP contribution in [0.3, 0.4) is 0 Å². The average Bonchev–Trinajstić information content (AvgIpc) is 3.08. The van der Waals surface area contributed by atoms with Crippen LogP contribution in [0.25, 0.3) is 0 Å². The maximum Gasteiger partial charge on any atom is 0.416 e. The van der Waals surface area contributed by atoms with E-state index in [9.17, 15) is 13.2 Å². The molecule has 0 N–H and O–H groups in total. The van der Waals surface area contributed by atoms with Crippen LogP contribution in [-0.2, 0) is 24.0 Å². The van der Waals surface area contributed by atoms with Gasteiger partial charge in [-0.15, -0.1) is 0 Å². The normalized spacial score (nSPS) is 19.0. The number of likely N-dealkylation sites (tertiary alicyclic amines) is 1. The van der Waals surface area contributed by atoms with Gasteiger partial charge in [-0.25, -0.2) is 4.98 Å². The molecule has 3 rings (SSSR count). The van der Waals surface area contributed by atoms with E-state index in [1.165, 1.54) is 0 Å². The number of imidazole rings is 1. The van der Waals surface area contributed by atoms with Crippen LogP contribution in [-0.4, -0.2) is 41.3 Å². The van der Waals surface area contributed by atoms with Crippen LogP contribution in [0.1, 0.15) is 35.7 Å². The van der Waals surface area contributed by atoms with Crippen molar-refractivity contribution < 1.29 is 17.9 Å². The highest BCUT2D eigenvalue weighted by Gasteiger charge is 2.30. The van der Waals surface area contributed by atoms with Gasteiger partial charge in [0.1, 0.15) is 5.82 Å². The second-order valence-electron chi connectivity index (χ2n) is 6.74. The Morgan fingerprint density at radius 1 is 1.23 bits per heavy atom. The second kappa shape index (κ2) is 8.22. The first kappa shape index (κ1) is 18.9. The maximum absolute atomic E-state index is 12.7. The van der Waals surface area contributed by atoms with Gasteiger partial charge >= 0.3 is 6.18 Å². The number of hydrogen-bond donors (Lipinski definition) is 0. The molecule has 1 aliphatic rings. The van der Waals surface area contributed by atoms with Crippen LogP contribution in [0.15, 0.2) is 36.7 Å². The lowest BCUT2D eigenvalue weighted by molar-refractivity contribution is -0.137. The highest BCUT2D eigenvalue weighted by Crippen LogP contribution is 2.30. The molecule has 1 aromatic carbocycles. The fourth-order valence-electron chi connectivity index (χ4n) is 3.53. The Morgan fingerprint density at radius 3 is 2.69 bits per heavy atom. The van der Waals surface area contributed by atoms with Crippen LogP contribution >= 0.6 is 0 Å². The molecule has 0 aliphatic carbocycles. The molecular weight excluding hydrogens is 343 g/mol. The molecule has 0 radical (unpaired) electrons. The van der Waals surface area contributed by atoms with E-state index in [0.29, 0.717) is 19.1 Å². The minimum absolute atomic E-state index is 0.338. The zero-order valence-electron chi connectivity index (χ0n) is 14.9. The third-order valence-corrected chi connectivity index (χ3v) is 4.84. The zero-order valence-corrected chi connectivity index (χ0v) is 14.9. The van der Waals surface area contributed by atoms with Crippen LogP contribution in [0.4, 0.5) is 13.2 Å². The molecule has 4 nitrogen and oxygen atoms in total. The van der Waals surface area contributed by atoms with Gasteiger partial charge in [0.05, 0.1) is 12.2 Å². The van der Waals surface area contributed by atoms with E-state index in [0.717, 1.165) is 56.0 Å². The minimum atomic E-state index is -4.28. The van der Waals surface area contributed by atoms with E-state index in [1.807, 2.05) is 12.4 Å². The van der Waals surface area contributed by atoms with E-state index in [4.69, 9.17) is 4.74 Å². The summed E-state index contributed by atoms with van der Waals surface area (Å²) >= 11 is 0. The summed E-state index contributed by atoms with van der Waals surface area (Å²) in [6, 6.07) is 5.47. The molecule has 2 aromatic rings. The van der Waals surface area contributed by atoms with Gasteiger partial charge in [0.2, 0.25) is 0 Å². The summed E-state index contributed by atoms with van der Waals surface area (Å²) < 4.78 is 45.3. The molecule has 1 fully saturated rings. The first-order valence-corrected chi connectivity index (χ1v) is 8.86. The molecule has 26 heavy (non-hydrogen) atoms. The summed E-state index contributed by atoms with van der Waals surface area (Å²) in [6.45, 7) is 3.90. The van der Waals surface area contributed by atoms with Crippen molar-refractivity contribution >= 4 is 0 Å². The maximum atomic E-state index is 12.7. The quantitative estimate of drug-likeness (QED) is 0.775. The zero-order chi connectivity index (χ0) is 18.6. The van der Waals surface area contributed by atoms with E-state index in [1.54, 1.807) is 19.2 Å². The molecule has 1 aromatic heterocycles. The third-order valence-electron chi connectivity index (χ3n) is 4.84. The van der Waals surface area contributed by atoms with Crippen molar-refractivity contribution in [3.63, 3.8) is 0 Å². The highest BCUT2D eigenvalue weighted by atomic mass is 19.4. The summed E-state index contributed by atoms with van der Waals surface area (Å²) in [5, 5.41) is 0. The number of nitrogens with zero attached hydrogens (tertiary/aromatic N) is 3. The van der Waals surface area contributed by atoms with E-state index < -0.39 is 11.7 Å². The Morgan fingerprint density at radius 2 is 2.00 bits per heavy atom.